The highest BCUT2D eigenvalue weighted by Gasteiger charge is 2.16. The van der Waals surface area contributed by atoms with E-state index >= 15 is 0 Å². The number of ether oxygens (including phenoxy) is 2. The molecule has 0 atom stereocenters. The number of benzene rings is 3. The van der Waals surface area contributed by atoms with Crippen LogP contribution in [0.1, 0.15) is 0 Å². The van der Waals surface area contributed by atoms with E-state index in [0.29, 0.717) is 11.3 Å². The van der Waals surface area contributed by atoms with E-state index in [2.05, 4.69) is 4.98 Å². The van der Waals surface area contributed by atoms with E-state index in [1.54, 1.807) is 14.2 Å². The van der Waals surface area contributed by atoms with E-state index < -0.39 is 5.63 Å². The highest BCUT2D eigenvalue weighted by molar-refractivity contribution is 6.08. The molecule has 0 saturated heterocycles. The van der Waals surface area contributed by atoms with Gasteiger partial charge in [-0.1, -0.05) is 42.5 Å². The van der Waals surface area contributed by atoms with Crippen LogP contribution in [0.5, 0.6) is 11.5 Å². The van der Waals surface area contributed by atoms with Gasteiger partial charge < -0.3 is 13.9 Å². The zero-order valence-corrected chi connectivity index (χ0v) is 17.1. The van der Waals surface area contributed by atoms with Crippen LogP contribution in [0.3, 0.4) is 0 Å². The molecule has 0 fully saturated rings. The second-order valence-corrected chi connectivity index (χ2v) is 7.13. The maximum atomic E-state index is 12.8. The van der Waals surface area contributed by atoms with Crippen LogP contribution in [0.15, 0.2) is 88.1 Å². The number of hydrogen-bond donors (Lipinski definition) is 0. The van der Waals surface area contributed by atoms with Crippen molar-refractivity contribution in [3.8, 4) is 33.8 Å². The lowest BCUT2D eigenvalue weighted by Crippen LogP contribution is -2.04. The van der Waals surface area contributed by atoms with Crippen LogP contribution in [0.4, 0.5) is 0 Å². The maximum absolute atomic E-state index is 12.8. The van der Waals surface area contributed by atoms with E-state index in [9.17, 15) is 4.79 Å². The summed E-state index contributed by atoms with van der Waals surface area (Å²) in [4.78, 5) is 17.4. The predicted octanol–water partition coefficient (Wildman–Crippen LogP) is 5.69. The number of fused-ring (bicyclic) bond motifs is 2. The van der Waals surface area contributed by atoms with Gasteiger partial charge >= 0.3 is 5.63 Å². The third-order valence-electron chi connectivity index (χ3n) is 5.37. The summed E-state index contributed by atoms with van der Waals surface area (Å²) in [5, 5.41) is 1.75. The molecule has 2 heterocycles. The van der Waals surface area contributed by atoms with Crippen LogP contribution >= 0.6 is 0 Å². The first-order valence-electron chi connectivity index (χ1n) is 9.83. The Bertz CT molecular complexity index is 1450. The summed E-state index contributed by atoms with van der Waals surface area (Å²) >= 11 is 0. The first-order chi connectivity index (χ1) is 15.2. The lowest BCUT2D eigenvalue weighted by molar-refractivity contribution is 0.415. The van der Waals surface area contributed by atoms with Gasteiger partial charge in [0.05, 0.1) is 25.3 Å². The quantitative estimate of drug-likeness (QED) is 0.357. The van der Waals surface area contributed by atoms with Gasteiger partial charge in [-0.25, -0.2) is 9.78 Å². The van der Waals surface area contributed by atoms with Gasteiger partial charge in [-0.15, -0.1) is 0 Å². The van der Waals surface area contributed by atoms with Crippen LogP contribution in [0.25, 0.3) is 44.3 Å². The number of methoxy groups -OCH3 is 2. The zero-order chi connectivity index (χ0) is 21.4. The van der Waals surface area contributed by atoms with Crippen molar-refractivity contribution >= 4 is 22.0 Å². The number of aromatic nitrogens is 1. The fourth-order valence-electron chi connectivity index (χ4n) is 3.80. The molecule has 152 valence electrons. The fourth-order valence-corrected chi connectivity index (χ4v) is 3.80. The third-order valence-corrected chi connectivity index (χ3v) is 5.37. The fraction of sp³-hybridized carbons (Fsp3) is 0.0769. The molecule has 0 bridgehead atoms. The molecule has 0 radical (unpaired) electrons. The molecule has 5 heteroatoms. The smallest absolute Gasteiger partial charge is 0.345 e. The van der Waals surface area contributed by atoms with E-state index in [1.165, 1.54) is 0 Å². The molecular weight excluding hydrogens is 390 g/mol. The second-order valence-electron chi connectivity index (χ2n) is 7.13. The standard InChI is InChI=1S/C26H19NO4/c1-29-18-11-7-16(8-12-18)21-15-22-24(17-9-13-19(30-2)14-10-17)20-5-3-4-6-23(20)27-25(22)31-26(21)28/h3-15H,1-2H3. The third kappa shape index (κ3) is 3.30. The second kappa shape index (κ2) is 7.61. The summed E-state index contributed by atoms with van der Waals surface area (Å²) in [6.45, 7) is 0. The van der Waals surface area contributed by atoms with Crippen molar-refractivity contribution in [3.05, 3.63) is 89.3 Å². The first-order valence-corrected chi connectivity index (χ1v) is 9.83. The number of nitrogens with zero attached hydrogens (tertiary/aromatic N) is 1. The largest absolute Gasteiger partial charge is 0.497 e. The minimum absolute atomic E-state index is 0.312. The molecule has 5 rings (SSSR count). The Morgan fingerprint density at radius 1 is 0.742 bits per heavy atom. The van der Waals surface area contributed by atoms with E-state index in [1.807, 2.05) is 78.9 Å². The highest BCUT2D eigenvalue weighted by atomic mass is 16.5. The lowest BCUT2D eigenvalue weighted by Gasteiger charge is -2.12. The van der Waals surface area contributed by atoms with Gasteiger partial charge in [-0.3, -0.25) is 0 Å². The summed E-state index contributed by atoms with van der Waals surface area (Å²) in [7, 11) is 3.25. The molecule has 0 spiro atoms. The van der Waals surface area contributed by atoms with Crippen molar-refractivity contribution in [1.82, 2.24) is 4.98 Å². The molecule has 0 aliphatic carbocycles. The van der Waals surface area contributed by atoms with Gasteiger partial charge in [-0.2, -0.15) is 0 Å². The molecular formula is C26H19NO4. The Hall–Kier alpha value is -4.12. The van der Waals surface area contributed by atoms with Gasteiger partial charge in [0.1, 0.15) is 11.5 Å². The molecule has 2 aromatic heterocycles. The predicted molar refractivity (Wildman–Crippen MR) is 122 cm³/mol. The molecule has 0 unspecified atom stereocenters. The van der Waals surface area contributed by atoms with Gasteiger partial charge in [-0.05, 0) is 47.5 Å². The number of para-hydroxylation sites is 1. The number of hydrogen-bond acceptors (Lipinski definition) is 5. The molecule has 5 aromatic rings. The Morgan fingerprint density at radius 3 is 2.00 bits per heavy atom. The monoisotopic (exact) mass is 409 g/mol. The maximum Gasteiger partial charge on any atom is 0.345 e. The molecule has 5 nitrogen and oxygen atoms in total. The Labute approximate surface area is 178 Å². The average Bonchev–Trinajstić information content (AvgIpc) is 2.82. The molecule has 0 N–H and O–H groups in total. The summed E-state index contributed by atoms with van der Waals surface area (Å²) in [6.07, 6.45) is 0. The van der Waals surface area contributed by atoms with Gasteiger partial charge in [0.15, 0.2) is 0 Å². The van der Waals surface area contributed by atoms with E-state index in [-0.39, 0.29) is 0 Å². The Balaban J connectivity index is 1.83. The topological polar surface area (TPSA) is 61.6 Å². The van der Waals surface area contributed by atoms with Crippen LogP contribution in [-0.2, 0) is 0 Å². The van der Waals surface area contributed by atoms with Crippen molar-refractivity contribution in [1.29, 1.82) is 0 Å². The van der Waals surface area contributed by atoms with Crippen molar-refractivity contribution in [2.75, 3.05) is 14.2 Å². The van der Waals surface area contributed by atoms with E-state index in [0.717, 1.165) is 44.5 Å². The summed E-state index contributed by atoms with van der Waals surface area (Å²) in [6, 6.07) is 24.9. The number of pyridine rings is 1. The van der Waals surface area contributed by atoms with Crippen LogP contribution in [0, 0.1) is 0 Å². The van der Waals surface area contributed by atoms with Crippen LogP contribution in [0.2, 0.25) is 0 Å². The minimum Gasteiger partial charge on any atom is -0.497 e. The van der Waals surface area contributed by atoms with Gasteiger partial charge in [0, 0.05) is 16.3 Å². The summed E-state index contributed by atoms with van der Waals surface area (Å²) < 4.78 is 16.2. The molecule has 0 saturated carbocycles. The molecule has 0 amide bonds. The molecule has 3 aromatic carbocycles. The van der Waals surface area contributed by atoms with Crippen molar-refractivity contribution in [2.24, 2.45) is 0 Å². The zero-order valence-electron chi connectivity index (χ0n) is 17.1. The Morgan fingerprint density at radius 2 is 1.35 bits per heavy atom. The average molecular weight is 409 g/mol. The molecule has 0 aliphatic rings. The number of rotatable bonds is 4. The molecule has 0 aliphatic heterocycles. The van der Waals surface area contributed by atoms with Crippen molar-refractivity contribution in [3.63, 3.8) is 0 Å². The first kappa shape index (κ1) is 18.9. The van der Waals surface area contributed by atoms with E-state index in [4.69, 9.17) is 13.9 Å². The molecule has 31 heavy (non-hydrogen) atoms. The van der Waals surface area contributed by atoms with Gasteiger partial charge in [0.25, 0.3) is 0 Å². The summed E-state index contributed by atoms with van der Waals surface area (Å²) in [5.74, 6) is 1.50. The summed E-state index contributed by atoms with van der Waals surface area (Å²) in [5.41, 5.74) is 3.82. The minimum atomic E-state index is -0.430. The normalized spacial score (nSPS) is 11.0. The van der Waals surface area contributed by atoms with Crippen molar-refractivity contribution in [2.45, 2.75) is 0 Å². The van der Waals surface area contributed by atoms with Crippen molar-refractivity contribution < 1.29 is 13.9 Å². The highest BCUT2D eigenvalue weighted by Crippen LogP contribution is 2.36. The SMILES string of the molecule is COc1ccc(-c2cc3c(-c4ccc(OC)cc4)c4ccccc4nc3oc2=O)cc1. The lowest BCUT2D eigenvalue weighted by atomic mass is 9.96. The Kier molecular flexibility index (Phi) is 4.64. The van der Waals surface area contributed by atoms with Crippen LogP contribution < -0.4 is 15.1 Å². The van der Waals surface area contributed by atoms with Crippen LogP contribution in [-0.4, -0.2) is 19.2 Å². The van der Waals surface area contributed by atoms with Gasteiger partial charge in [0.2, 0.25) is 5.71 Å².